The molecule has 1 saturated carbocycles. The lowest BCUT2D eigenvalue weighted by atomic mass is 10.3. The molecule has 0 amide bonds. The molecule has 0 unspecified atom stereocenters. The summed E-state index contributed by atoms with van der Waals surface area (Å²) < 4.78 is 5.23. The molecule has 3 rings (SSSR count). The Bertz CT molecular complexity index is 491. The van der Waals surface area contributed by atoms with Gasteiger partial charge in [-0.1, -0.05) is 23.4 Å². The molecule has 0 bridgehead atoms. The van der Waals surface area contributed by atoms with Gasteiger partial charge in [0.2, 0.25) is 5.89 Å². The zero-order valence-electron chi connectivity index (χ0n) is 10.3. The Morgan fingerprint density at radius 3 is 2.83 bits per heavy atom. The van der Waals surface area contributed by atoms with Crippen molar-refractivity contribution >= 4 is 5.69 Å². The van der Waals surface area contributed by atoms with Crippen LogP contribution in [-0.4, -0.2) is 16.7 Å². The van der Waals surface area contributed by atoms with E-state index >= 15 is 0 Å². The molecule has 94 valence electrons. The van der Waals surface area contributed by atoms with Crippen LogP contribution in [-0.2, 0) is 12.8 Å². The van der Waals surface area contributed by atoms with Gasteiger partial charge in [-0.25, -0.2) is 0 Å². The zero-order valence-corrected chi connectivity index (χ0v) is 10.3. The minimum atomic E-state index is 0.731. The van der Waals surface area contributed by atoms with E-state index < -0.39 is 0 Å². The molecule has 1 aromatic heterocycles. The lowest BCUT2D eigenvalue weighted by molar-refractivity contribution is 0.374. The molecule has 0 aliphatic heterocycles. The van der Waals surface area contributed by atoms with Gasteiger partial charge in [-0.2, -0.15) is 4.98 Å². The molecular weight excluding hydrogens is 226 g/mol. The van der Waals surface area contributed by atoms with Crippen molar-refractivity contribution in [1.82, 2.24) is 10.1 Å². The van der Waals surface area contributed by atoms with Gasteiger partial charge in [0.15, 0.2) is 5.82 Å². The van der Waals surface area contributed by atoms with E-state index in [0.29, 0.717) is 0 Å². The smallest absolute Gasteiger partial charge is 0.228 e. The standard InChI is InChI=1S/C14H17N3O/c1-2-4-12(5-3-1)15-9-8-14-16-13(17-18-14)10-11-6-7-11/h1-5,11,15H,6-10H2. The SMILES string of the molecule is c1ccc(NCCc2nc(CC3CC3)no2)cc1. The molecule has 4 heteroatoms. The summed E-state index contributed by atoms with van der Waals surface area (Å²) in [6.07, 6.45) is 4.39. The first-order chi connectivity index (χ1) is 8.90. The first-order valence-corrected chi connectivity index (χ1v) is 6.50. The van der Waals surface area contributed by atoms with Crippen molar-refractivity contribution in [3.8, 4) is 0 Å². The van der Waals surface area contributed by atoms with Gasteiger partial charge in [0.05, 0.1) is 0 Å². The van der Waals surface area contributed by atoms with Gasteiger partial charge >= 0.3 is 0 Å². The van der Waals surface area contributed by atoms with Crippen LogP contribution in [0.5, 0.6) is 0 Å². The third-order valence-corrected chi connectivity index (χ3v) is 3.12. The lowest BCUT2D eigenvalue weighted by Gasteiger charge is -2.02. The van der Waals surface area contributed by atoms with Crippen molar-refractivity contribution in [2.75, 3.05) is 11.9 Å². The summed E-state index contributed by atoms with van der Waals surface area (Å²) in [5.41, 5.74) is 1.12. The second kappa shape index (κ2) is 5.21. The summed E-state index contributed by atoms with van der Waals surface area (Å²) >= 11 is 0. The van der Waals surface area contributed by atoms with Gasteiger partial charge in [0.25, 0.3) is 0 Å². The number of hydrogen-bond donors (Lipinski definition) is 1. The number of anilines is 1. The van der Waals surface area contributed by atoms with Crippen molar-refractivity contribution in [2.24, 2.45) is 5.92 Å². The zero-order chi connectivity index (χ0) is 12.2. The van der Waals surface area contributed by atoms with Crippen LogP contribution in [0.3, 0.4) is 0 Å². The highest BCUT2D eigenvalue weighted by atomic mass is 16.5. The molecule has 0 spiro atoms. The topological polar surface area (TPSA) is 51.0 Å². The summed E-state index contributed by atoms with van der Waals surface area (Å²) in [6, 6.07) is 10.1. The number of nitrogens with one attached hydrogen (secondary N) is 1. The maximum absolute atomic E-state index is 5.23. The van der Waals surface area contributed by atoms with Crippen molar-refractivity contribution in [2.45, 2.75) is 25.7 Å². The molecule has 2 aromatic rings. The Hall–Kier alpha value is -1.84. The summed E-state index contributed by atoms with van der Waals surface area (Å²) in [4.78, 5) is 4.40. The Labute approximate surface area is 106 Å². The van der Waals surface area contributed by atoms with Crippen molar-refractivity contribution in [1.29, 1.82) is 0 Å². The second-order valence-electron chi connectivity index (χ2n) is 4.79. The number of aromatic nitrogens is 2. The molecule has 1 heterocycles. The molecule has 0 saturated heterocycles. The molecule has 0 atom stereocenters. The number of para-hydroxylation sites is 1. The molecular formula is C14H17N3O. The fraction of sp³-hybridized carbons (Fsp3) is 0.429. The Morgan fingerprint density at radius 1 is 1.22 bits per heavy atom. The number of rotatable bonds is 6. The molecule has 0 radical (unpaired) electrons. The number of hydrogen-bond acceptors (Lipinski definition) is 4. The van der Waals surface area contributed by atoms with Crippen molar-refractivity contribution in [3.63, 3.8) is 0 Å². The summed E-state index contributed by atoms with van der Waals surface area (Å²) in [6.45, 7) is 0.815. The lowest BCUT2D eigenvalue weighted by Crippen LogP contribution is -2.04. The molecule has 1 fully saturated rings. The number of benzene rings is 1. The third-order valence-electron chi connectivity index (χ3n) is 3.12. The predicted molar refractivity (Wildman–Crippen MR) is 69.4 cm³/mol. The summed E-state index contributed by atoms with van der Waals surface area (Å²) in [5.74, 6) is 2.40. The minimum absolute atomic E-state index is 0.731. The van der Waals surface area contributed by atoms with E-state index in [-0.39, 0.29) is 0 Å². The maximum atomic E-state index is 5.23. The van der Waals surface area contributed by atoms with E-state index in [1.165, 1.54) is 12.8 Å². The van der Waals surface area contributed by atoms with E-state index in [0.717, 1.165) is 42.7 Å². The average molecular weight is 243 g/mol. The van der Waals surface area contributed by atoms with E-state index in [1.54, 1.807) is 0 Å². The highest BCUT2D eigenvalue weighted by Gasteiger charge is 2.23. The van der Waals surface area contributed by atoms with Gasteiger partial charge in [0.1, 0.15) is 0 Å². The van der Waals surface area contributed by atoms with Crippen LogP contribution in [0.4, 0.5) is 5.69 Å². The van der Waals surface area contributed by atoms with Crippen LogP contribution in [0.2, 0.25) is 0 Å². The van der Waals surface area contributed by atoms with Crippen LogP contribution in [0.15, 0.2) is 34.9 Å². The van der Waals surface area contributed by atoms with Gasteiger partial charge in [-0.05, 0) is 30.9 Å². The molecule has 18 heavy (non-hydrogen) atoms. The van der Waals surface area contributed by atoms with Gasteiger partial charge in [0, 0.05) is 25.1 Å². The Balaban J connectivity index is 1.46. The molecule has 1 aliphatic rings. The monoisotopic (exact) mass is 243 g/mol. The molecule has 1 aliphatic carbocycles. The predicted octanol–water partition coefficient (Wildman–Crippen LogP) is 2.68. The fourth-order valence-electron chi connectivity index (χ4n) is 1.92. The summed E-state index contributed by atoms with van der Waals surface area (Å²) in [7, 11) is 0. The van der Waals surface area contributed by atoms with Crippen LogP contribution in [0.25, 0.3) is 0 Å². The third kappa shape index (κ3) is 3.09. The van der Waals surface area contributed by atoms with Gasteiger partial charge < -0.3 is 9.84 Å². The maximum Gasteiger partial charge on any atom is 0.228 e. The first-order valence-electron chi connectivity index (χ1n) is 6.50. The Kier molecular flexibility index (Phi) is 3.26. The van der Waals surface area contributed by atoms with E-state index in [1.807, 2.05) is 30.3 Å². The van der Waals surface area contributed by atoms with Gasteiger partial charge in [-0.3, -0.25) is 0 Å². The van der Waals surface area contributed by atoms with Crippen LogP contribution >= 0.6 is 0 Å². The van der Waals surface area contributed by atoms with Gasteiger partial charge in [-0.15, -0.1) is 0 Å². The quantitative estimate of drug-likeness (QED) is 0.847. The average Bonchev–Trinajstić information content (AvgIpc) is 3.10. The highest BCUT2D eigenvalue weighted by Crippen LogP contribution is 2.31. The first kappa shape index (κ1) is 11.3. The highest BCUT2D eigenvalue weighted by molar-refractivity contribution is 5.42. The molecule has 1 aromatic carbocycles. The van der Waals surface area contributed by atoms with Crippen molar-refractivity contribution in [3.05, 3.63) is 42.0 Å². The van der Waals surface area contributed by atoms with Crippen LogP contribution in [0, 0.1) is 5.92 Å². The minimum Gasteiger partial charge on any atom is -0.385 e. The van der Waals surface area contributed by atoms with Crippen LogP contribution < -0.4 is 5.32 Å². The molecule has 1 N–H and O–H groups in total. The van der Waals surface area contributed by atoms with E-state index in [9.17, 15) is 0 Å². The molecule has 4 nitrogen and oxygen atoms in total. The van der Waals surface area contributed by atoms with E-state index in [4.69, 9.17) is 4.52 Å². The number of nitrogens with zero attached hydrogens (tertiary/aromatic N) is 2. The summed E-state index contributed by atoms with van der Waals surface area (Å²) in [5, 5.41) is 7.34. The normalized spacial score (nSPS) is 14.7. The fourth-order valence-corrected chi connectivity index (χ4v) is 1.92. The second-order valence-corrected chi connectivity index (χ2v) is 4.79. The largest absolute Gasteiger partial charge is 0.385 e. The Morgan fingerprint density at radius 2 is 2.06 bits per heavy atom. The van der Waals surface area contributed by atoms with E-state index in [2.05, 4.69) is 15.5 Å². The van der Waals surface area contributed by atoms with Crippen molar-refractivity contribution < 1.29 is 4.52 Å². The van der Waals surface area contributed by atoms with Crippen LogP contribution in [0.1, 0.15) is 24.6 Å².